The van der Waals surface area contributed by atoms with Gasteiger partial charge in [0.1, 0.15) is 11.8 Å². The first-order valence-electron chi connectivity index (χ1n) is 6.83. The molecule has 1 aromatic carbocycles. The van der Waals surface area contributed by atoms with E-state index in [1.165, 1.54) is 11.8 Å². The molecular weight excluding hydrogens is 304 g/mol. The van der Waals surface area contributed by atoms with Crippen molar-refractivity contribution < 1.29 is 19.1 Å². The molecule has 118 valence electrons. The number of hydrogen-bond donors (Lipinski definition) is 1. The third-order valence-electron chi connectivity index (χ3n) is 3.31. The number of nitrogens with zero attached hydrogens (tertiary/aromatic N) is 1. The van der Waals surface area contributed by atoms with Gasteiger partial charge < -0.3 is 15.0 Å². The third-order valence-corrected chi connectivity index (χ3v) is 4.33. The first-order valence-corrected chi connectivity index (χ1v) is 7.71. The maximum absolute atomic E-state index is 12.4. The molecule has 1 aliphatic rings. The van der Waals surface area contributed by atoms with Gasteiger partial charge in [-0.3, -0.25) is 14.4 Å². The van der Waals surface area contributed by atoms with E-state index in [0.29, 0.717) is 0 Å². The maximum atomic E-state index is 12.4. The number of methoxy groups -OCH3 is 1. The van der Waals surface area contributed by atoms with Crippen LogP contribution in [0.2, 0.25) is 0 Å². The lowest BCUT2D eigenvalue weighted by molar-refractivity contribution is -0.145. The summed E-state index contributed by atoms with van der Waals surface area (Å²) in [5.74, 6) is 0.199. The van der Waals surface area contributed by atoms with Gasteiger partial charge in [0.05, 0.1) is 7.11 Å². The van der Waals surface area contributed by atoms with Crippen molar-refractivity contribution in [3.05, 3.63) is 29.8 Å². The van der Waals surface area contributed by atoms with Gasteiger partial charge in [0.25, 0.3) is 5.91 Å². The molecule has 0 radical (unpaired) electrons. The van der Waals surface area contributed by atoms with Crippen molar-refractivity contribution in [3.8, 4) is 5.75 Å². The summed E-state index contributed by atoms with van der Waals surface area (Å²) in [6.45, 7) is 3.29. The Morgan fingerprint density at radius 2 is 1.95 bits per heavy atom. The molecule has 2 atom stereocenters. The van der Waals surface area contributed by atoms with Crippen LogP contribution in [-0.4, -0.2) is 40.4 Å². The Hall–Kier alpha value is -2.02. The van der Waals surface area contributed by atoms with Crippen LogP contribution in [0, 0.1) is 0 Å². The first kappa shape index (κ1) is 16.4. The van der Waals surface area contributed by atoms with Crippen LogP contribution in [0.1, 0.15) is 19.4 Å². The Labute approximate surface area is 133 Å². The second kappa shape index (κ2) is 6.83. The van der Waals surface area contributed by atoms with Gasteiger partial charge in [-0.15, -0.1) is 0 Å². The Balaban J connectivity index is 2.22. The highest BCUT2D eigenvalue weighted by Crippen LogP contribution is 2.24. The number of ether oxygens (including phenoxy) is 1. The van der Waals surface area contributed by atoms with Crippen LogP contribution < -0.4 is 10.1 Å². The van der Waals surface area contributed by atoms with Crippen LogP contribution in [0.25, 0.3) is 0 Å². The number of hydrogen-bond acceptors (Lipinski definition) is 5. The molecule has 6 nitrogen and oxygen atoms in total. The lowest BCUT2D eigenvalue weighted by Gasteiger charge is -2.37. The zero-order valence-corrected chi connectivity index (χ0v) is 13.5. The Morgan fingerprint density at radius 3 is 2.50 bits per heavy atom. The second-order valence-electron chi connectivity index (χ2n) is 5.01. The maximum Gasteiger partial charge on any atom is 0.254 e. The van der Waals surface area contributed by atoms with Crippen molar-refractivity contribution in [2.75, 3.05) is 7.11 Å². The number of piperazine rings is 1. The SMILES string of the molecule is COc1ccc(CN2C(=O)C(C)NC(=O)C2SC(C)=O)cc1. The van der Waals surface area contributed by atoms with Crippen LogP contribution in [-0.2, 0) is 20.9 Å². The Bertz CT molecular complexity index is 588. The molecule has 1 heterocycles. The predicted octanol–water partition coefficient (Wildman–Crippen LogP) is 1.15. The van der Waals surface area contributed by atoms with Crippen LogP contribution in [0.3, 0.4) is 0 Å². The van der Waals surface area contributed by atoms with Crippen molar-refractivity contribution in [1.82, 2.24) is 10.2 Å². The average Bonchev–Trinajstić information content (AvgIpc) is 2.48. The molecule has 7 heteroatoms. The highest BCUT2D eigenvalue weighted by molar-refractivity contribution is 8.14. The lowest BCUT2D eigenvalue weighted by Crippen LogP contribution is -2.61. The molecule has 0 bridgehead atoms. The summed E-state index contributed by atoms with van der Waals surface area (Å²) in [6.07, 6.45) is 0. The van der Waals surface area contributed by atoms with E-state index in [1.54, 1.807) is 26.2 Å². The minimum atomic E-state index is -0.830. The van der Waals surface area contributed by atoms with Crippen LogP contribution in [0.5, 0.6) is 5.75 Å². The molecule has 2 amide bonds. The monoisotopic (exact) mass is 322 g/mol. The van der Waals surface area contributed by atoms with E-state index in [4.69, 9.17) is 4.74 Å². The largest absolute Gasteiger partial charge is 0.497 e. The van der Waals surface area contributed by atoms with Crippen molar-refractivity contribution >= 4 is 28.7 Å². The van der Waals surface area contributed by atoms with Gasteiger partial charge in [0.2, 0.25) is 5.91 Å². The molecule has 0 aliphatic carbocycles. The van der Waals surface area contributed by atoms with E-state index in [2.05, 4.69) is 5.32 Å². The van der Waals surface area contributed by atoms with E-state index < -0.39 is 11.4 Å². The number of benzene rings is 1. The van der Waals surface area contributed by atoms with E-state index in [9.17, 15) is 14.4 Å². The highest BCUT2D eigenvalue weighted by Gasteiger charge is 2.39. The van der Waals surface area contributed by atoms with E-state index >= 15 is 0 Å². The molecule has 0 aromatic heterocycles. The Morgan fingerprint density at radius 1 is 1.32 bits per heavy atom. The summed E-state index contributed by atoms with van der Waals surface area (Å²) in [7, 11) is 1.58. The van der Waals surface area contributed by atoms with Crippen molar-refractivity contribution in [2.24, 2.45) is 0 Å². The van der Waals surface area contributed by atoms with Crippen LogP contribution >= 0.6 is 11.8 Å². The highest BCUT2D eigenvalue weighted by atomic mass is 32.2. The van der Waals surface area contributed by atoms with Gasteiger partial charge in [0.15, 0.2) is 10.5 Å². The lowest BCUT2D eigenvalue weighted by atomic mass is 10.1. The fraction of sp³-hybridized carbons (Fsp3) is 0.400. The van der Waals surface area contributed by atoms with E-state index in [-0.39, 0.29) is 23.5 Å². The average molecular weight is 322 g/mol. The van der Waals surface area contributed by atoms with Gasteiger partial charge in [-0.2, -0.15) is 0 Å². The number of nitrogens with one attached hydrogen (secondary N) is 1. The minimum Gasteiger partial charge on any atom is -0.497 e. The quantitative estimate of drug-likeness (QED) is 0.900. The molecule has 2 unspecified atom stereocenters. The zero-order chi connectivity index (χ0) is 16.3. The van der Waals surface area contributed by atoms with Gasteiger partial charge in [-0.1, -0.05) is 23.9 Å². The summed E-state index contributed by atoms with van der Waals surface area (Å²) in [4.78, 5) is 37.2. The second-order valence-corrected chi connectivity index (χ2v) is 6.26. The first-order chi connectivity index (χ1) is 10.4. The summed E-state index contributed by atoms with van der Waals surface area (Å²) >= 11 is 0.854. The fourth-order valence-corrected chi connectivity index (χ4v) is 3.01. The summed E-state index contributed by atoms with van der Waals surface area (Å²) in [6, 6.07) is 6.66. The molecule has 0 spiro atoms. The number of amides is 2. The summed E-state index contributed by atoms with van der Waals surface area (Å²) in [5, 5.41) is 1.56. The molecule has 1 aliphatic heterocycles. The van der Waals surface area contributed by atoms with Crippen molar-refractivity contribution in [1.29, 1.82) is 0 Å². The fourth-order valence-electron chi connectivity index (χ4n) is 2.22. The van der Waals surface area contributed by atoms with Crippen molar-refractivity contribution in [3.63, 3.8) is 0 Å². The van der Waals surface area contributed by atoms with E-state index in [1.807, 2.05) is 12.1 Å². The molecule has 2 rings (SSSR count). The number of carbonyl (C=O) groups is 3. The van der Waals surface area contributed by atoms with Crippen LogP contribution in [0.4, 0.5) is 0 Å². The molecule has 1 aromatic rings. The number of rotatable bonds is 4. The van der Waals surface area contributed by atoms with Gasteiger partial charge in [0, 0.05) is 13.5 Å². The number of carbonyl (C=O) groups excluding carboxylic acids is 3. The summed E-state index contributed by atoms with van der Waals surface area (Å²) in [5.41, 5.74) is 0.866. The third kappa shape index (κ3) is 3.59. The van der Waals surface area contributed by atoms with Crippen LogP contribution in [0.15, 0.2) is 24.3 Å². The standard InChI is InChI=1S/C15H18N2O4S/c1-9-14(20)17(15(13(19)16-9)22-10(2)18)8-11-4-6-12(21-3)7-5-11/h4-7,9,15H,8H2,1-3H3,(H,16,19). The topological polar surface area (TPSA) is 75.7 Å². The van der Waals surface area contributed by atoms with Gasteiger partial charge in [-0.05, 0) is 24.6 Å². The molecule has 0 saturated carbocycles. The molecule has 1 fully saturated rings. The predicted molar refractivity (Wildman–Crippen MR) is 83.2 cm³/mol. The smallest absolute Gasteiger partial charge is 0.254 e. The van der Waals surface area contributed by atoms with Gasteiger partial charge >= 0.3 is 0 Å². The minimum absolute atomic E-state index is 0.200. The normalized spacial score (nSPS) is 21.5. The molecule has 1 saturated heterocycles. The van der Waals surface area contributed by atoms with E-state index in [0.717, 1.165) is 23.1 Å². The Kier molecular flexibility index (Phi) is 5.07. The molecule has 22 heavy (non-hydrogen) atoms. The molecule has 1 N–H and O–H groups in total. The van der Waals surface area contributed by atoms with Gasteiger partial charge in [-0.25, -0.2) is 0 Å². The number of thioether (sulfide) groups is 1. The zero-order valence-electron chi connectivity index (χ0n) is 12.7. The molecular formula is C15H18N2O4S. The summed E-state index contributed by atoms with van der Waals surface area (Å²) < 4.78 is 5.09. The van der Waals surface area contributed by atoms with Crippen molar-refractivity contribution in [2.45, 2.75) is 31.8 Å².